The first-order valence-corrected chi connectivity index (χ1v) is 8.12. The van der Waals surface area contributed by atoms with Gasteiger partial charge in [-0.2, -0.15) is 0 Å². The number of amides is 1. The summed E-state index contributed by atoms with van der Waals surface area (Å²) in [7, 11) is 1.80. The van der Waals surface area contributed by atoms with E-state index in [2.05, 4.69) is 5.32 Å². The summed E-state index contributed by atoms with van der Waals surface area (Å²) in [5.74, 6) is -0.190. The number of rotatable bonds is 2. The van der Waals surface area contributed by atoms with Gasteiger partial charge in [-0.05, 0) is 26.2 Å². The monoisotopic (exact) mass is 304 g/mol. The lowest BCUT2D eigenvalue weighted by Crippen LogP contribution is -2.39. The maximum atomic E-state index is 12.5. The molecule has 2 fully saturated rings. The van der Waals surface area contributed by atoms with Gasteiger partial charge in [-0.15, -0.1) is 0 Å². The van der Waals surface area contributed by atoms with Gasteiger partial charge in [0.05, 0.1) is 18.2 Å². The molecule has 0 bridgehead atoms. The summed E-state index contributed by atoms with van der Waals surface area (Å²) in [5.41, 5.74) is 1.04. The van der Waals surface area contributed by atoms with E-state index in [1.54, 1.807) is 11.6 Å². The fraction of sp³-hybridized carbons (Fsp3) is 0.647. The number of nitrogens with zero attached hydrogens (tertiary/aromatic N) is 1. The molecule has 1 aliphatic carbocycles. The summed E-state index contributed by atoms with van der Waals surface area (Å²) in [5, 5.41) is 3.04. The lowest BCUT2D eigenvalue weighted by Gasteiger charge is -2.32. The van der Waals surface area contributed by atoms with E-state index in [1.807, 2.05) is 6.92 Å². The Labute approximate surface area is 130 Å². The number of aromatic nitrogens is 1. The normalized spacial score (nSPS) is 23.6. The molecule has 1 aromatic rings. The van der Waals surface area contributed by atoms with Crippen molar-refractivity contribution in [3.05, 3.63) is 33.7 Å². The Bertz CT molecular complexity index is 629. The van der Waals surface area contributed by atoms with E-state index in [0.717, 1.165) is 25.0 Å². The van der Waals surface area contributed by atoms with Crippen molar-refractivity contribution in [2.75, 3.05) is 6.61 Å². The van der Waals surface area contributed by atoms with E-state index >= 15 is 0 Å². The maximum Gasteiger partial charge on any atom is 0.268 e. The largest absolute Gasteiger partial charge is 0.373 e. The van der Waals surface area contributed by atoms with Crippen LogP contribution in [0.1, 0.15) is 54.7 Å². The van der Waals surface area contributed by atoms with Crippen molar-refractivity contribution in [3.8, 4) is 0 Å². The second kappa shape index (κ2) is 5.88. The van der Waals surface area contributed by atoms with Gasteiger partial charge in [0.15, 0.2) is 5.43 Å². The Hall–Kier alpha value is -1.62. The van der Waals surface area contributed by atoms with Gasteiger partial charge < -0.3 is 14.6 Å². The fourth-order valence-electron chi connectivity index (χ4n) is 3.72. The van der Waals surface area contributed by atoms with Crippen LogP contribution in [-0.2, 0) is 11.8 Å². The highest BCUT2D eigenvalue weighted by molar-refractivity contribution is 5.92. The average molecular weight is 304 g/mol. The quantitative estimate of drug-likeness (QED) is 0.908. The molecular weight excluding hydrogens is 280 g/mol. The van der Waals surface area contributed by atoms with Gasteiger partial charge in [0.25, 0.3) is 5.91 Å². The molecule has 5 nitrogen and oxygen atoms in total. The summed E-state index contributed by atoms with van der Waals surface area (Å²) < 4.78 is 7.78. The molecule has 1 amide bonds. The zero-order chi connectivity index (χ0) is 15.7. The molecule has 2 heterocycles. The Morgan fingerprint density at radius 2 is 2.05 bits per heavy atom. The second-order valence-electron chi connectivity index (χ2n) is 6.71. The van der Waals surface area contributed by atoms with Gasteiger partial charge in [0.1, 0.15) is 5.69 Å². The minimum absolute atomic E-state index is 0.0192. The van der Waals surface area contributed by atoms with Crippen molar-refractivity contribution >= 4 is 5.91 Å². The number of pyridine rings is 1. The number of hydrogen-bond donors (Lipinski definition) is 1. The summed E-state index contributed by atoms with van der Waals surface area (Å²) >= 11 is 0. The van der Waals surface area contributed by atoms with E-state index in [-0.39, 0.29) is 23.0 Å². The van der Waals surface area contributed by atoms with Crippen LogP contribution < -0.4 is 10.7 Å². The molecule has 3 rings (SSSR count). The highest BCUT2D eigenvalue weighted by Crippen LogP contribution is 2.39. The van der Waals surface area contributed by atoms with E-state index in [0.29, 0.717) is 12.3 Å². The molecule has 0 radical (unpaired) electrons. The molecule has 5 heteroatoms. The van der Waals surface area contributed by atoms with Crippen LogP contribution in [0.25, 0.3) is 0 Å². The fourth-order valence-corrected chi connectivity index (χ4v) is 3.72. The summed E-state index contributed by atoms with van der Waals surface area (Å²) in [4.78, 5) is 24.1. The van der Waals surface area contributed by atoms with Crippen LogP contribution in [0.3, 0.4) is 0 Å². The van der Waals surface area contributed by atoms with Crippen molar-refractivity contribution < 1.29 is 9.53 Å². The minimum atomic E-state index is -0.190. The van der Waals surface area contributed by atoms with Gasteiger partial charge in [-0.25, -0.2) is 0 Å². The van der Waals surface area contributed by atoms with Crippen LogP contribution in [0.15, 0.2) is 16.9 Å². The summed E-state index contributed by atoms with van der Waals surface area (Å²) in [6.45, 7) is 2.40. The Kier molecular flexibility index (Phi) is 4.08. The second-order valence-corrected chi connectivity index (χ2v) is 6.71. The van der Waals surface area contributed by atoms with Gasteiger partial charge in [-0.1, -0.05) is 19.3 Å². The average Bonchev–Trinajstić information content (AvgIpc) is 2.85. The first-order chi connectivity index (χ1) is 10.5. The van der Waals surface area contributed by atoms with Crippen molar-refractivity contribution in [2.45, 2.75) is 57.1 Å². The molecule has 1 N–H and O–H groups in total. The van der Waals surface area contributed by atoms with Crippen LogP contribution in [0, 0.1) is 6.92 Å². The third kappa shape index (κ3) is 2.95. The first kappa shape index (κ1) is 15.3. The number of nitrogens with one attached hydrogen (secondary N) is 1. The number of hydrogen-bond acceptors (Lipinski definition) is 3. The molecule has 0 unspecified atom stereocenters. The topological polar surface area (TPSA) is 60.3 Å². The maximum absolute atomic E-state index is 12.5. The summed E-state index contributed by atoms with van der Waals surface area (Å²) in [6, 6.07) is 2.97. The molecule has 1 atom stereocenters. The number of aryl methyl sites for hydroxylation is 1. The lowest BCUT2D eigenvalue weighted by atomic mass is 9.82. The van der Waals surface area contributed by atoms with Crippen LogP contribution >= 0.6 is 0 Å². The van der Waals surface area contributed by atoms with E-state index in [9.17, 15) is 9.59 Å². The molecule has 0 aromatic carbocycles. The predicted molar refractivity (Wildman–Crippen MR) is 84.1 cm³/mol. The summed E-state index contributed by atoms with van der Waals surface area (Å²) in [6.07, 6.45) is 6.80. The van der Waals surface area contributed by atoms with Crippen LogP contribution in [0.2, 0.25) is 0 Å². The van der Waals surface area contributed by atoms with Crippen molar-refractivity contribution in [3.63, 3.8) is 0 Å². The van der Waals surface area contributed by atoms with Crippen molar-refractivity contribution in [2.24, 2.45) is 7.05 Å². The highest BCUT2D eigenvalue weighted by Gasteiger charge is 2.41. The highest BCUT2D eigenvalue weighted by atomic mass is 16.5. The molecular formula is C17H24N2O3. The zero-order valence-corrected chi connectivity index (χ0v) is 13.4. The van der Waals surface area contributed by atoms with Gasteiger partial charge in [-0.3, -0.25) is 9.59 Å². The van der Waals surface area contributed by atoms with Crippen LogP contribution in [0.5, 0.6) is 0 Å². The van der Waals surface area contributed by atoms with E-state index in [1.165, 1.54) is 31.4 Å². The van der Waals surface area contributed by atoms with E-state index < -0.39 is 0 Å². The predicted octanol–water partition coefficient (Wildman–Crippen LogP) is 1.92. The standard InChI is InChI=1S/C17H24N2O3/c1-12-8-14(20)9-15(19(12)2)16(21)18-13-10-17(22-11-13)6-4-3-5-7-17/h8-9,13H,3-7,10-11H2,1-2H3,(H,18,21)/t13-/m1/s1. The zero-order valence-electron chi connectivity index (χ0n) is 13.4. The lowest BCUT2D eigenvalue weighted by molar-refractivity contribution is -0.0246. The van der Waals surface area contributed by atoms with E-state index in [4.69, 9.17) is 4.74 Å². The third-order valence-corrected chi connectivity index (χ3v) is 5.06. The molecule has 1 saturated carbocycles. The SMILES string of the molecule is Cc1cc(=O)cc(C(=O)N[C@H]2COC3(CCCCC3)C2)n1C. The van der Waals surface area contributed by atoms with Gasteiger partial charge in [0, 0.05) is 24.9 Å². The molecule has 1 aliphatic heterocycles. The molecule has 1 aromatic heterocycles. The van der Waals surface area contributed by atoms with Crippen molar-refractivity contribution in [1.29, 1.82) is 0 Å². The Morgan fingerprint density at radius 1 is 1.32 bits per heavy atom. The number of carbonyl (C=O) groups is 1. The Morgan fingerprint density at radius 3 is 2.77 bits per heavy atom. The van der Waals surface area contributed by atoms with Gasteiger partial charge >= 0.3 is 0 Å². The molecule has 1 saturated heterocycles. The van der Waals surface area contributed by atoms with Crippen LogP contribution in [-0.4, -0.2) is 28.7 Å². The molecule has 1 spiro atoms. The molecule has 120 valence electrons. The first-order valence-electron chi connectivity index (χ1n) is 8.12. The molecule has 2 aliphatic rings. The minimum Gasteiger partial charge on any atom is -0.373 e. The van der Waals surface area contributed by atoms with Crippen LogP contribution in [0.4, 0.5) is 0 Å². The Balaban J connectivity index is 1.69. The van der Waals surface area contributed by atoms with Gasteiger partial charge in [0.2, 0.25) is 0 Å². The smallest absolute Gasteiger partial charge is 0.268 e. The third-order valence-electron chi connectivity index (χ3n) is 5.06. The van der Waals surface area contributed by atoms with Crippen molar-refractivity contribution in [1.82, 2.24) is 9.88 Å². The molecule has 22 heavy (non-hydrogen) atoms. The number of ether oxygens (including phenoxy) is 1. The number of carbonyl (C=O) groups excluding carboxylic acids is 1.